The topological polar surface area (TPSA) is 75.6 Å². The number of hydrogen-bond donors (Lipinski definition) is 2. The van der Waals surface area contributed by atoms with Crippen LogP contribution in [0.25, 0.3) is 6.08 Å². The molecule has 2 N–H and O–H groups in total. The van der Waals surface area contributed by atoms with Crippen LogP contribution in [-0.4, -0.2) is 36.7 Å². The van der Waals surface area contributed by atoms with Gasteiger partial charge in [-0.25, -0.2) is 4.79 Å². The Morgan fingerprint density at radius 2 is 2.19 bits per heavy atom. The lowest BCUT2D eigenvalue weighted by molar-refractivity contribution is -0.131. The second kappa shape index (κ2) is 9.31. The van der Waals surface area contributed by atoms with Crippen LogP contribution in [0.4, 0.5) is 0 Å². The molecular weight excluding hydrogens is 290 g/mol. The molecule has 6 heteroatoms. The quantitative estimate of drug-likeness (QED) is 0.543. The molecule has 1 amide bonds. The van der Waals surface area contributed by atoms with Gasteiger partial charge in [-0.05, 0) is 30.5 Å². The van der Waals surface area contributed by atoms with E-state index in [1.54, 1.807) is 12.1 Å². The van der Waals surface area contributed by atoms with Gasteiger partial charge in [0.15, 0.2) is 0 Å². The van der Waals surface area contributed by atoms with Crippen molar-refractivity contribution in [1.29, 1.82) is 0 Å². The lowest BCUT2D eigenvalue weighted by Crippen LogP contribution is -2.24. The minimum absolute atomic E-state index is 0.140. The number of hydrogen-bond acceptors (Lipinski definition) is 4. The smallest absolute Gasteiger partial charge is 0.328 e. The molecular formula is C15H21NO4S. The monoisotopic (exact) mass is 311 g/mol. The third-order valence-electron chi connectivity index (χ3n) is 2.44. The van der Waals surface area contributed by atoms with E-state index in [4.69, 9.17) is 9.84 Å². The highest BCUT2D eigenvalue weighted by atomic mass is 32.1. The van der Waals surface area contributed by atoms with Gasteiger partial charge in [-0.2, -0.15) is 0 Å². The van der Waals surface area contributed by atoms with Gasteiger partial charge in [-0.15, -0.1) is 11.3 Å². The first-order chi connectivity index (χ1) is 9.99. The van der Waals surface area contributed by atoms with E-state index in [1.165, 1.54) is 17.4 Å². The van der Waals surface area contributed by atoms with E-state index < -0.39 is 5.97 Å². The van der Waals surface area contributed by atoms with Gasteiger partial charge in [-0.3, -0.25) is 4.79 Å². The van der Waals surface area contributed by atoms with Crippen LogP contribution < -0.4 is 5.32 Å². The predicted molar refractivity (Wildman–Crippen MR) is 83.6 cm³/mol. The van der Waals surface area contributed by atoms with Crippen molar-refractivity contribution >= 4 is 29.3 Å². The minimum atomic E-state index is -1.00. The van der Waals surface area contributed by atoms with E-state index in [-0.39, 0.29) is 5.91 Å². The summed E-state index contributed by atoms with van der Waals surface area (Å²) in [4.78, 5) is 23.6. The number of carboxylic acid groups (broad SMARTS) is 1. The molecule has 0 aliphatic carbocycles. The highest BCUT2D eigenvalue weighted by Crippen LogP contribution is 2.17. The number of rotatable bonds is 9. The molecule has 0 saturated heterocycles. The number of amides is 1. The molecule has 0 saturated carbocycles. The molecule has 0 unspecified atom stereocenters. The largest absolute Gasteiger partial charge is 0.478 e. The summed E-state index contributed by atoms with van der Waals surface area (Å²) in [5, 5.41) is 11.4. The van der Waals surface area contributed by atoms with Crippen LogP contribution in [0.1, 0.15) is 34.8 Å². The maximum atomic E-state index is 11.9. The number of nitrogens with one attached hydrogen (secondary N) is 1. The lowest BCUT2D eigenvalue weighted by Gasteiger charge is -2.07. The fraction of sp³-hybridized carbons (Fsp3) is 0.467. The van der Waals surface area contributed by atoms with Gasteiger partial charge in [0.1, 0.15) is 0 Å². The Balaban J connectivity index is 2.28. The van der Waals surface area contributed by atoms with Crippen LogP contribution in [0.3, 0.4) is 0 Å². The maximum absolute atomic E-state index is 11.9. The van der Waals surface area contributed by atoms with Gasteiger partial charge in [0, 0.05) is 30.7 Å². The molecule has 5 nitrogen and oxygen atoms in total. The molecule has 0 atom stereocenters. The van der Waals surface area contributed by atoms with Gasteiger partial charge in [0.2, 0.25) is 0 Å². The van der Waals surface area contributed by atoms with Gasteiger partial charge in [0.05, 0.1) is 4.88 Å². The van der Waals surface area contributed by atoms with Crippen LogP contribution in [0.15, 0.2) is 18.2 Å². The third kappa shape index (κ3) is 7.63. The molecule has 0 aliphatic heterocycles. The third-order valence-corrected chi connectivity index (χ3v) is 3.49. The average molecular weight is 311 g/mol. The second-order valence-corrected chi connectivity index (χ2v) is 6.07. The molecule has 0 aromatic carbocycles. The number of ether oxygens (including phenoxy) is 1. The fourth-order valence-electron chi connectivity index (χ4n) is 1.50. The Morgan fingerprint density at radius 3 is 2.86 bits per heavy atom. The molecule has 1 rings (SSSR count). The summed E-state index contributed by atoms with van der Waals surface area (Å²) in [6.07, 6.45) is 3.30. The van der Waals surface area contributed by atoms with Crippen molar-refractivity contribution in [2.45, 2.75) is 20.3 Å². The predicted octanol–water partition coefficient (Wildman–Crippen LogP) is 2.64. The van der Waals surface area contributed by atoms with Crippen molar-refractivity contribution in [1.82, 2.24) is 5.32 Å². The molecule has 116 valence electrons. The SMILES string of the molecule is CC(C)COCCCNC(=O)c1ccc(/C=C/C(=O)O)s1. The summed E-state index contributed by atoms with van der Waals surface area (Å²) in [5.74, 6) is -0.627. The number of thiophene rings is 1. The number of carboxylic acids is 1. The van der Waals surface area contributed by atoms with Gasteiger partial charge in [0.25, 0.3) is 5.91 Å². The highest BCUT2D eigenvalue weighted by molar-refractivity contribution is 7.14. The van der Waals surface area contributed by atoms with Crippen LogP contribution in [0, 0.1) is 5.92 Å². The first-order valence-corrected chi connectivity index (χ1v) is 7.67. The fourth-order valence-corrected chi connectivity index (χ4v) is 2.33. The van der Waals surface area contributed by atoms with E-state index >= 15 is 0 Å². The summed E-state index contributed by atoms with van der Waals surface area (Å²) in [6.45, 7) is 6.12. The zero-order valence-corrected chi connectivity index (χ0v) is 13.1. The molecule has 0 bridgehead atoms. The zero-order chi connectivity index (χ0) is 15.7. The molecule has 0 aliphatic rings. The van der Waals surface area contributed by atoms with Crippen molar-refractivity contribution in [3.63, 3.8) is 0 Å². The molecule has 1 aromatic heterocycles. The van der Waals surface area contributed by atoms with E-state index in [1.807, 2.05) is 0 Å². The van der Waals surface area contributed by atoms with Crippen molar-refractivity contribution < 1.29 is 19.4 Å². The van der Waals surface area contributed by atoms with Gasteiger partial charge in [-0.1, -0.05) is 13.8 Å². The summed E-state index contributed by atoms with van der Waals surface area (Å²) < 4.78 is 5.43. The Morgan fingerprint density at radius 1 is 1.43 bits per heavy atom. The normalized spacial score (nSPS) is 11.2. The minimum Gasteiger partial charge on any atom is -0.478 e. The Bertz CT molecular complexity index is 494. The van der Waals surface area contributed by atoms with Crippen LogP contribution in [-0.2, 0) is 9.53 Å². The number of carbonyl (C=O) groups is 2. The standard InChI is InChI=1S/C15H21NO4S/c1-11(2)10-20-9-3-8-16-15(19)13-6-4-12(21-13)5-7-14(17)18/h4-7,11H,3,8-10H2,1-2H3,(H,16,19)(H,17,18)/b7-5+. The molecule has 1 heterocycles. The van der Waals surface area contributed by atoms with E-state index in [2.05, 4.69) is 19.2 Å². The van der Waals surface area contributed by atoms with Crippen molar-refractivity contribution in [3.05, 3.63) is 28.0 Å². The van der Waals surface area contributed by atoms with E-state index in [0.29, 0.717) is 23.9 Å². The van der Waals surface area contributed by atoms with Gasteiger partial charge < -0.3 is 15.2 Å². The molecule has 0 spiro atoms. The van der Waals surface area contributed by atoms with E-state index in [0.717, 1.165) is 24.0 Å². The second-order valence-electron chi connectivity index (χ2n) is 4.95. The average Bonchev–Trinajstić information content (AvgIpc) is 2.88. The van der Waals surface area contributed by atoms with Crippen LogP contribution in [0.2, 0.25) is 0 Å². The Kier molecular flexibility index (Phi) is 7.71. The summed E-state index contributed by atoms with van der Waals surface area (Å²) >= 11 is 1.26. The summed E-state index contributed by atoms with van der Waals surface area (Å²) in [5.41, 5.74) is 0. The van der Waals surface area contributed by atoms with Crippen molar-refractivity contribution in [2.24, 2.45) is 5.92 Å². The summed E-state index contributed by atoms with van der Waals surface area (Å²) in [7, 11) is 0. The first kappa shape index (κ1) is 17.4. The molecule has 1 aromatic rings. The number of carbonyl (C=O) groups excluding carboxylic acids is 1. The first-order valence-electron chi connectivity index (χ1n) is 6.86. The molecule has 21 heavy (non-hydrogen) atoms. The summed E-state index contributed by atoms with van der Waals surface area (Å²) in [6, 6.07) is 3.42. The maximum Gasteiger partial charge on any atom is 0.328 e. The van der Waals surface area contributed by atoms with Crippen molar-refractivity contribution in [3.8, 4) is 0 Å². The van der Waals surface area contributed by atoms with Crippen LogP contribution >= 0.6 is 11.3 Å². The molecule has 0 fully saturated rings. The van der Waals surface area contributed by atoms with E-state index in [9.17, 15) is 9.59 Å². The molecule has 0 radical (unpaired) electrons. The van der Waals surface area contributed by atoms with Crippen LogP contribution in [0.5, 0.6) is 0 Å². The Labute approximate surface area is 128 Å². The lowest BCUT2D eigenvalue weighted by atomic mass is 10.2. The van der Waals surface area contributed by atoms with Crippen molar-refractivity contribution in [2.75, 3.05) is 19.8 Å². The highest BCUT2D eigenvalue weighted by Gasteiger charge is 2.07. The zero-order valence-electron chi connectivity index (χ0n) is 12.3. The van der Waals surface area contributed by atoms with Gasteiger partial charge >= 0.3 is 5.97 Å². The number of aliphatic carboxylic acids is 1. The Hall–Kier alpha value is -1.66.